The number of hydrogen-bond acceptors (Lipinski definition) is 4. The van der Waals surface area contributed by atoms with Gasteiger partial charge < -0.3 is 9.84 Å². The zero-order valence-corrected chi connectivity index (χ0v) is 10.5. The van der Waals surface area contributed by atoms with Crippen molar-refractivity contribution < 1.29 is 9.84 Å². The van der Waals surface area contributed by atoms with Crippen LogP contribution in [0.25, 0.3) is 0 Å². The molecule has 0 aromatic heterocycles. The maximum atomic E-state index is 9.32. The summed E-state index contributed by atoms with van der Waals surface area (Å²) in [4.78, 5) is 0. The van der Waals surface area contributed by atoms with Gasteiger partial charge in [-0.25, -0.2) is 0 Å². The van der Waals surface area contributed by atoms with Crippen LogP contribution < -0.4 is 0 Å². The van der Waals surface area contributed by atoms with Gasteiger partial charge in [0.25, 0.3) is 0 Å². The van der Waals surface area contributed by atoms with Crippen molar-refractivity contribution in [3.05, 3.63) is 12.7 Å². The van der Waals surface area contributed by atoms with Crippen molar-refractivity contribution in [2.45, 2.75) is 42.2 Å². The molecule has 0 amide bonds. The number of aliphatic hydroxyl groups is 1. The van der Waals surface area contributed by atoms with E-state index in [1.54, 1.807) is 0 Å². The van der Waals surface area contributed by atoms with Crippen LogP contribution in [0.2, 0.25) is 0 Å². The molecule has 2 rings (SSSR count). The normalized spacial score (nSPS) is 28.1. The average Bonchev–Trinajstić information content (AvgIpc) is 2.70. The molecule has 0 aromatic rings. The fourth-order valence-corrected chi connectivity index (χ4v) is 5.50. The van der Waals surface area contributed by atoms with Gasteiger partial charge >= 0.3 is 0 Å². The van der Waals surface area contributed by atoms with Gasteiger partial charge in [-0.1, -0.05) is 6.58 Å². The summed E-state index contributed by atoms with van der Waals surface area (Å²) in [5, 5.41) is 9.32. The fraction of sp³-hybridized carbons (Fsp3) is 0.818. The molecule has 0 bridgehead atoms. The quantitative estimate of drug-likeness (QED) is 0.612. The van der Waals surface area contributed by atoms with Gasteiger partial charge in [-0.15, -0.1) is 23.5 Å². The van der Waals surface area contributed by atoms with E-state index in [1.807, 2.05) is 0 Å². The minimum absolute atomic E-state index is 0.227. The highest BCUT2D eigenvalue weighted by atomic mass is 32.2. The van der Waals surface area contributed by atoms with E-state index >= 15 is 0 Å². The van der Waals surface area contributed by atoms with Crippen LogP contribution in [0, 0.1) is 0 Å². The van der Waals surface area contributed by atoms with Crippen molar-refractivity contribution in [2.24, 2.45) is 0 Å². The predicted molar refractivity (Wildman–Crippen MR) is 67.2 cm³/mol. The largest absolute Gasteiger partial charge is 0.365 e. The molecule has 1 saturated carbocycles. The zero-order chi connectivity index (χ0) is 10.7. The van der Waals surface area contributed by atoms with Crippen molar-refractivity contribution in [1.29, 1.82) is 0 Å². The van der Waals surface area contributed by atoms with E-state index in [-0.39, 0.29) is 6.10 Å². The molecule has 2 nitrogen and oxygen atoms in total. The molecule has 15 heavy (non-hydrogen) atoms. The van der Waals surface area contributed by atoms with Gasteiger partial charge in [0, 0.05) is 11.5 Å². The summed E-state index contributed by atoms with van der Waals surface area (Å²) in [7, 11) is 0. The molecule has 2 fully saturated rings. The molecule has 1 unspecified atom stereocenters. The molecule has 1 heterocycles. The number of ether oxygens (including phenoxy) is 1. The Hall–Kier alpha value is 0.360. The first-order chi connectivity index (χ1) is 7.24. The number of hydrogen-bond donors (Lipinski definition) is 1. The molecule has 1 aliphatic heterocycles. The molecule has 0 radical (unpaired) electrons. The zero-order valence-electron chi connectivity index (χ0n) is 8.85. The highest BCUT2D eigenvalue weighted by Gasteiger charge is 2.39. The second-order valence-corrected chi connectivity index (χ2v) is 7.28. The number of aliphatic hydroxyl groups excluding tert-OH is 1. The van der Waals surface area contributed by atoms with E-state index < -0.39 is 6.29 Å². The Morgan fingerprint density at radius 3 is 2.47 bits per heavy atom. The van der Waals surface area contributed by atoms with Crippen molar-refractivity contribution in [3.8, 4) is 0 Å². The highest BCUT2D eigenvalue weighted by molar-refractivity contribution is 8.21. The van der Waals surface area contributed by atoms with Gasteiger partial charge in [0.1, 0.15) is 0 Å². The van der Waals surface area contributed by atoms with Crippen LogP contribution in [-0.4, -0.2) is 33.1 Å². The Bertz CT molecular complexity index is 217. The lowest BCUT2D eigenvalue weighted by Crippen LogP contribution is -2.31. The minimum atomic E-state index is -0.784. The van der Waals surface area contributed by atoms with Gasteiger partial charge in [0.05, 0.1) is 10.2 Å². The maximum absolute atomic E-state index is 9.32. The molecular formula is C11H18O2S2. The van der Waals surface area contributed by atoms with Crippen molar-refractivity contribution in [1.82, 2.24) is 0 Å². The predicted octanol–water partition coefficient (Wildman–Crippen LogP) is 2.63. The molecule has 4 heteroatoms. The summed E-state index contributed by atoms with van der Waals surface area (Å²) < 4.78 is 5.95. The van der Waals surface area contributed by atoms with Crippen LogP contribution in [0.4, 0.5) is 0 Å². The monoisotopic (exact) mass is 246 g/mol. The molecule has 1 spiro atoms. The molecule has 1 N–H and O–H groups in total. The SMILES string of the molecule is C=CC(O)OC1CCC2(CC1)SCCS2. The van der Waals surface area contributed by atoms with E-state index in [1.165, 1.54) is 30.4 Å². The fourth-order valence-electron chi connectivity index (χ4n) is 2.21. The van der Waals surface area contributed by atoms with Crippen molar-refractivity contribution in [3.63, 3.8) is 0 Å². The molecule has 1 atom stereocenters. The summed E-state index contributed by atoms with van der Waals surface area (Å²) in [6, 6.07) is 0. The lowest BCUT2D eigenvalue weighted by Gasteiger charge is -2.35. The van der Waals surface area contributed by atoms with E-state index in [0.29, 0.717) is 4.08 Å². The Morgan fingerprint density at radius 2 is 1.93 bits per heavy atom. The first-order valence-corrected chi connectivity index (χ1v) is 7.45. The standard InChI is InChI=1S/C11H18O2S2/c1-2-10(12)13-9-3-5-11(6-4-9)14-7-8-15-11/h2,9-10,12H,1,3-8H2. The van der Waals surface area contributed by atoms with Gasteiger partial charge in [0.2, 0.25) is 0 Å². The lowest BCUT2D eigenvalue weighted by molar-refractivity contribution is -0.114. The third-order valence-corrected chi connectivity index (χ3v) is 6.69. The summed E-state index contributed by atoms with van der Waals surface area (Å²) in [6.07, 6.45) is 5.48. The second-order valence-electron chi connectivity index (χ2n) is 4.07. The third kappa shape index (κ3) is 2.93. The molecule has 2 aliphatic rings. The molecule has 1 saturated heterocycles. The molecular weight excluding hydrogens is 228 g/mol. The Labute approximate surface area is 99.8 Å². The van der Waals surface area contributed by atoms with Gasteiger partial charge in [-0.05, 0) is 31.8 Å². The molecule has 0 aromatic carbocycles. The van der Waals surface area contributed by atoms with Crippen molar-refractivity contribution >= 4 is 23.5 Å². The van der Waals surface area contributed by atoms with Crippen LogP contribution in [0.15, 0.2) is 12.7 Å². The van der Waals surface area contributed by atoms with Crippen LogP contribution in [-0.2, 0) is 4.74 Å². The summed E-state index contributed by atoms with van der Waals surface area (Å²) in [6.45, 7) is 3.51. The van der Waals surface area contributed by atoms with Gasteiger partial charge in [-0.3, -0.25) is 0 Å². The topological polar surface area (TPSA) is 29.5 Å². The van der Waals surface area contributed by atoms with E-state index in [0.717, 1.165) is 12.8 Å². The summed E-state index contributed by atoms with van der Waals surface area (Å²) in [5.41, 5.74) is 0. The van der Waals surface area contributed by atoms with Gasteiger partial charge in [0.15, 0.2) is 6.29 Å². The summed E-state index contributed by atoms with van der Waals surface area (Å²) in [5.74, 6) is 2.59. The third-order valence-electron chi connectivity index (χ3n) is 3.04. The minimum Gasteiger partial charge on any atom is -0.365 e. The second kappa shape index (κ2) is 5.13. The average molecular weight is 246 g/mol. The Balaban J connectivity index is 1.78. The van der Waals surface area contributed by atoms with E-state index in [9.17, 15) is 5.11 Å². The number of rotatable bonds is 3. The smallest absolute Gasteiger partial charge is 0.174 e. The van der Waals surface area contributed by atoms with Gasteiger partial charge in [-0.2, -0.15) is 0 Å². The van der Waals surface area contributed by atoms with Crippen molar-refractivity contribution in [2.75, 3.05) is 11.5 Å². The molecule has 1 aliphatic carbocycles. The van der Waals surface area contributed by atoms with E-state index in [4.69, 9.17) is 4.74 Å². The van der Waals surface area contributed by atoms with Crippen LogP contribution in [0.5, 0.6) is 0 Å². The van der Waals surface area contributed by atoms with E-state index in [2.05, 4.69) is 30.1 Å². The highest BCUT2D eigenvalue weighted by Crippen LogP contribution is 2.53. The Morgan fingerprint density at radius 1 is 1.33 bits per heavy atom. The van der Waals surface area contributed by atoms with Crippen LogP contribution in [0.1, 0.15) is 25.7 Å². The Kier molecular flexibility index (Phi) is 4.04. The maximum Gasteiger partial charge on any atom is 0.174 e. The summed E-state index contributed by atoms with van der Waals surface area (Å²) >= 11 is 4.23. The first kappa shape index (κ1) is 11.8. The lowest BCUT2D eigenvalue weighted by atomic mass is 9.96. The molecule has 86 valence electrons. The van der Waals surface area contributed by atoms with Crippen LogP contribution >= 0.6 is 23.5 Å². The van der Waals surface area contributed by atoms with Crippen LogP contribution in [0.3, 0.4) is 0 Å². The first-order valence-electron chi connectivity index (χ1n) is 5.48. The number of thioether (sulfide) groups is 2.